The molecule has 4 aliphatic rings. The van der Waals surface area contributed by atoms with Crippen molar-refractivity contribution in [3.63, 3.8) is 0 Å². The van der Waals surface area contributed by atoms with Crippen LogP contribution in [0.2, 0.25) is 0 Å². The predicted octanol–water partition coefficient (Wildman–Crippen LogP) is 2.50. The average Bonchev–Trinajstić information content (AvgIpc) is 3.34. The lowest BCUT2D eigenvalue weighted by atomic mass is 9.87. The van der Waals surface area contributed by atoms with Gasteiger partial charge in [-0.25, -0.2) is 0 Å². The van der Waals surface area contributed by atoms with E-state index in [9.17, 15) is 0 Å². The number of methoxy groups -OCH3 is 1. The van der Waals surface area contributed by atoms with Crippen molar-refractivity contribution in [1.82, 2.24) is 0 Å². The van der Waals surface area contributed by atoms with E-state index in [1.165, 1.54) is 0 Å². The molecule has 0 N–H and O–H groups in total. The van der Waals surface area contributed by atoms with E-state index in [0.717, 1.165) is 28.4 Å². The minimum atomic E-state index is -0.774. The fourth-order valence-electron chi connectivity index (χ4n) is 3.55. The molecule has 0 atom stereocenters. The molecule has 1 aromatic carbocycles. The number of rotatable bonds is 2. The maximum atomic E-state index is 6.33. The molecule has 5 rings (SSSR count). The number of hydrogen-bond acceptors (Lipinski definition) is 6. The summed E-state index contributed by atoms with van der Waals surface area (Å²) in [4.78, 5) is 0. The predicted molar refractivity (Wildman–Crippen MR) is 88.1 cm³/mol. The van der Waals surface area contributed by atoms with Gasteiger partial charge in [-0.3, -0.25) is 0 Å². The van der Waals surface area contributed by atoms with E-state index in [0.29, 0.717) is 19.8 Å². The van der Waals surface area contributed by atoms with Crippen LogP contribution in [0.15, 0.2) is 42.5 Å². The van der Waals surface area contributed by atoms with Crippen LogP contribution in [0.4, 0.5) is 0 Å². The summed E-state index contributed by atoms with van der Waals surface area (Å²) in [6.45, 7) is 1.86. The molecule has 0 aromatic heterocycles. The Labute approximate surface area is 145 Å². The second-order valence-corrected chi connectivity index (χ2v) is 6.25. The van der Waals surface area contributed by atoms with Crippen LogP contribution in [0.3, 0.4) is 0 Å². The quantitative estimate of drug-likeness (QED) is 0.770. The third-order valence-corrected chi connectivity index (χ3v) is 4.78. The molecule has 130 valence electrons. The zero-order chi connectivity index (χ0) is 16.9. The molecule has 0 bridgehead atoms. The molecule has 1 fully saturated rings. The summed E-state index contributed by atoms with van der Waals surface area (Å²) in [5, 5.41) is 0. The van der Waals surface area contributed by atoms with Gasteiger partial charge in [0.15, 0.2) is 17.1 Å². The van der Waals surface area contributed by atoms with Crippen molar-refractivity contribution < 1.29 is 28.4 Å². The Hall–Kier alpha value is -2.28. The van der Waals surface area contributed by atoms with Crippen LogP contribution in [0.1, 0.15) is 11.1 Å². The third-order valence-electron chi connectivity index (χ3n) is 4.78. The van der Waals surface area contributed by atoms with E-state index in [4.69, 9.17) is 28.4 Å². The minimum Gasteiger partial charge on any atom is -0.474 e. The van der Waals surface area contributed by atoms with Crippen LogP contribution in [-0.4, -0.2) is 39.5 Å². The van der Waals surface area contributed by atoms with Crippen LogP contribution in [0, 0.1) is 0 Å². The number of hydrogen-bond donors (Lipinski definition) is 0. The third kappa shape index (κ3) is 2.22. The molecular weight excluding hydrogens is 324 g/mol. The molecule has 2 spiro atoms. The van der Waals surface area contributed by atoms with Crippen molar-refractivity contribution in [2.24, 2.45) is 0 Å². The lowest BCUT2D eigenvalue weighted by molar-refractivity contribution is -0.0786. The first-order valence-corrected chi connectivity index (χ1v) is 8.25. The molecule has 1 aliphatic carbocycles. The molecule has 1 aromatic rings. The van der Waals surface area contributed by atoms with Crippen molar-refractivity contribution >= 4 is 5.76 Å². The SMILES string of the molecule is COC/C=C1/OC2(C=CC3(C=C2)OCCO3)c2cc3c(cc21)OCO3. The summed E-state index contributed by atoms with van der Waals surface area (Å²) in [5.41, 5.74) is 1.26. The van der Waals surface area contributed by atoms with Crippen LogP contribution in [-0.2, 0) is 24.5 Å². The van der Waals surface area contributed by atoms with E-state index in [1.54, 1.807) is 7.11 Å². The lowest BCUT2D eigenvalue weighted by Gasteiger charge is -2.31. The highest BCUT2D eigenvalue weighted by Gasteiger charge is 2.46. The Morgan fingerprint density at radius 2 is 1.76 bits per heavy atom. The molecule has 3 aliphatic heterocycles. The summed E-state index contributed by atoms with van der Waals surface area (Å²) in [5.74, 6) is 1.44. The van der Waals surface area contributed by atoms with E-state index in [1.807, 2.05) is 42.5 Å². The Kier molecular flexibility index (Phi) is 3.22. The van der Waals surface area contributed by atoms with Crippen molar-refractivity contribution in [2.75, 3.05) is 33.7 Å². The summed E-state index contributed by atoms with van der Waals surface area (Å²) in [6.07, 6.45) is 9.70. The molecule has 0 unspecified atom stereocenters. The Morgan fingerprint density at radius 1 is 1.04 bits per heavy atom. The Morgan fingerprint density at radius 3 is 2.48 bits per heavy atom. The maximum absolute atomic E-state index is 6.33. The van der Waals surface area contributed by atoms with E-state index in [-0.39, 0.29) is 6.79 Å². The largest absolute Gasteiger partial charge is 0.474 e. The molecule has 25 heavy (non-hydrogen) atoms. The number of benzene rings is 1. The Bertz CT molecular complexity index is 784. The Balaban J connectivity index is 1.60. The highest BCUT2D eigenvalue weighted by molar-refractivity contribution is 5.74. The first-order chi connectivity index (χ1) is 12.2. The normalized spacial score (nSPS) is 25.1. The zero-order valence-corrected chi connectivity index (χ0v) is 13.8. The fourth-order valence-corrected chi connectivity index (χ4v) is 3.55. The van der Waals surface area contributed by atoms with Crippen LogP contribution < -0.4 is 9.47 Å². The van der Waals surface area contributed by atoms with Gasteiger partial charge in [0.25, 0.3) is 0 Å². The van der Waals surface area contributed by atoms with Gasteiger partial charge >= 0.3 is 0 Å². The van der Waals surface area contributed by atoms with Crippen molar-refractivity contribution in [3.8, 4) is 11.5 Å². The number of ether oxygens (including phenoxy) is 6. The van der Waals surface area contributed by atoms with E-state index < -0.39 is 11.4 Å². The van der Waals surface area contributed by atoms with Gasteiger partial charge in [-0.1, -0.05) is 0 Å². The van der Waals surface area contributed by atoms with Gasteiger partial charge in [0.05, 0.1) is 19.8 Å². The molecule has 0 radical (unpaired) electrons. The van der Waals surface area contributed by atoms with Gasteiger partial charge in [0, 0.05) is 18.2 Å². The first kappa shape index (κ1) is 15.0. The van der Waals surface area contributed by atoms with Crippen LogP contribution >= 0.6 is 0 Å². The zero-order valence-electron chi connectivity index (χ0n) is 13.8. The van der Waals surface area contributed by atoms with Gasteiger partial charge in [-0.2, -0.15) is 0 Å². The second kappa shape index (κ2) is 5.36. The highest BCUT2D eigenvalue weighted by atomic mass is 16.7. The van der Waals surface area contributed by atoms with Crippen LogP contribution in [0.25, 0.3) is 5.76 Å². The van der Waals surface area contributed by atoms with Gasteiger partial charge in [-0.15, -0.1) is 0 Å². The summed E-state index contributed by atoms with van der Waals surface area (Å²) in [6, 6.07) is 3.94. The van der Waals surface area contributed by atoms with Gasteiger partial charge in [-0.05, 0) is 42.5 Å². The number of fused-ring (bicyclic) bond motifs is 3. The topological polar surface area (TPSA) is 55.4 Å². The molecule has 1 saturated heterocycles. The summed E-state index contributed by atoms with van der Waals surface area (Å²) in [7, 11) is 1.65. The molecular formula is C19H18O6. The standard InChI is InChI=1S/C19H18O6/c1-20-7-2-15-13-10-16-17(22-12-21-16)11-14(13)18(25-15)3-5-19(6-4-18)23-8-9-24-19/h2-6,10-11H,7-9,12H2,1H3/b15-2+. The molecule has 6 nitrogen and oxygen atoms in total. The molecule has 0 saturated carbocycles. The fraction of sp³-hybridized carbons (Fsp3) is 0.368. The summed E-state index contributed by atoms with van der Waals surface area (Å²) < 4.78 is 34.0. The molecule has 0 amide bonds. The molecule has 6 heteroatoms. The van der Waals surface area contributed by atoms with Crippen molar-refractivity contribution in [1.29, 1.82) is 0 Å². The second-order valence-electron chi connectivity index (χ2n) is 6.25. The monoisotopic (exact) mass is 342 g/mol. The maximum Gasteiger partial charge on any atom is 0.231 e. The molecule has 3 heterocycles. The lowest BCUT2D eigenvalue weighted by Crippen LogP contribution is -2.32. The van der Waals surface area contributed by atoms with Gasteiger partial charge in [0.1, 0.15) is 5.76 Å². The van der Waals surface area contributed by atoms with Crippen molar-refractivity contribution in [2.45, 2.75) is 11.4 Å². The smallest absolute Gasteiger partial charge is 0.231 e. The average molecular weight is 342 g/mol. The van der Waals surface area contributed by atoms with Crippen molar-refractivity contribution in [3.05, 3.63) is 53.6 Å². The van der Waals surface area contributed by atoms with E-state index >= 15 is 0 Å². The van der Waals surface area contributed by atoms with Gasteiger partial charge < -0.3 is 28.4 Å². The highest BCUT2D eigenvalue weighted by Crippen LogP contribution is 2.51. The van der Waals surface area contributed by atoms with E-state index in [2.05, 4.69) is 0 Å². The summed E-state index contributed by atoms with van der Waals surface area (Å²) >= 11 is 0. The minimum absolute atomic E-state index is 0.236. The first-order valence-electron chi connectivity index (χ1n) is 8.25. The van der Waals surface area contributed by atoms with Gasteiger partial charge in [0.2, 0.25) is 12.6 Å². The van der Waals surface area contributed by atoms with Crippen LogP contribution in [0.5, 0.6) is 11.5 Å².